The fourth-order valence-electron chi connectivity index (χ4n) is 2.91. The van der Waals surface area contributed by atoms with Gasteiger partial charge in [-0.3, -0.25) is 4.79 Å². The molecule has 126 valence electrons. The predicted octanol–water partition coefficient (Wildman–Crippen LogP) is 3.24. The molecule has 1 aromatic carbocycles. The van der Waals surface area contributed by atoms with Crippen LogP contribution in [0.15, 0.2) is 34.8 Å². The van der Waals surface area contributed by atoms with E-state index in [-0.39, 0.29) is 5.91 Å². The summed E-state index contributed by atoms with van der Waals surface area (Å²) in [6.07, 6.45) is 3.31. The largest absolute Gasteiger partial charge is 0.497 e. The molecule has 0 spiro atoms. The number of carbonyl (C=O) groups is 1. The summed E-state index contributed by atoms with van der Waals surface area (Å²) in [6, 6.07) is 7.84. The molecular weight excluding hydrogens is 324 g/mol. The Morgan fingerprint density at radius 3 is 2.83 bits per heavy atom. The molecule has 1 aromatic heterocycles. The molecule has 24 heavy (non-hydrogen) atoms. The number of rotatable bonds is 5. The molecular formula is C18H20N2O3S. The summed E-state index contributed by atoms with van der Waals surface area (Å²) in [7, 11) is 1.64. The SMILES string of the molecule is COc1ccc(CCNC(=O)c2csc3c2CCC/C3=N/O)cc1. The maximum absolute atomic E-state index is 12.4. The Bertz CT molecular complexity index is 750. The highest BCUT2D eigenvalue weighted by Crippen LogP contribution is 2.30. The third-order valence-electron chi connectivity index (χ3n) is 4.22. The molecule has 1 aliphatic carbocycles. The van der Waals surface area contributed by atoms with Gasteiger partial charge in [0.25, 0.3) is 5.91 Å². The molecule has 1 heterocycles. The summed E-state index contributed by atoms with van der Waals surface area (Å²) in [6.45, 7) is 0.580. The van der Waals surface area contributed by atoms with Crippen molar-refractivity contribution in [2.24, 2.45) is 5.16 Å². The first-order valence-corrected chi connectivity index (χ1v) is 8.83. The smallest absolute Gasteiger partial charge is 0.252 e. The summed E-state index contributed by atoms with van der Waals surface area (Å²) in [4.78, 5) is 13.4. The van der Waals surface area contributed by atoms with Crippen molar-refractivity contribution in [3.63, 3.8) is 0 Å². The molecule has 1 aliphatic rings. The Labute approximate surface area is 145 Å². The van der Waals surface area contributed by atoms with Crippen LogP contribution in [-0.4, -0.2) is 30.5 Å². The monoisotopic (exact) mass is 344 g/mol. The fraction of sp³-hybridized carbons (Fsp3) is 0.333. The minimum absolute atomic E-state index is 0.0554. The van der Waals surface area contributed by atoms with Crippen molar-refractivity contribution in [1.29, 1.82) is 0 Å². The van der Waals surface area contributed by atoms with Crippen LogP contribution < -0.4 is 10.1 Å². The van der Waals surface area contributed by atoms with Gasteiger partial charge in [-0.1, -0.05) is 17.3 Å². The van der Waals surface area contributed by atoms with Gasteiger partial charge in [0.05, 0.1) is 23.3 Å². The van der Waals surface area contributed by atoms with Gasteiger partial charge in [0.1, 0.15) is 5.75 Å². The number of thiophene rings is 1. The number of hydrogen-bond donors (Lipinski definition) is 2. The molecule has 0 bridgehead atoms. The van der Waals surface area contributed by atoms with Gasteiger partial charge in [-0.25, -0.2) is 0 Å². The average Bonchev–Trinajstić information content (AvgIpc) is 3.06. The zero-order valence-electron chi connectivity index (χ0n) is 13.5. The van der Waals surface area contributed by atoms with Gasteiger partial charge in [0.2, 0.25) is 0 Å². The Morgan fingerprint density at radius 2 is 2.12 bits per heavy atom. The molecule has 2 aromatic rings. The molecule has 5 nitrogen and oxygen atoms in total. The first-order chi connectivity index (χ1) is 11.7. The number of ether oxygens (including phenoxy) is 1. The van der Waals surface area contributed by atoms with Crippen LogP contribution in [0.25, 0.3) is 0 Å². The molecule has 6 heteroatoms. The predicted molar refractivity (Wildman–Crippen MR) is 94.6 cm³/mol. The first kappa shape index (κ1) is 16.5. The third-order valence-corrected chi connectivity index (χ3v) is 5.29. The van der Waals surface area contributed by atoms with Gasteiger partial charge < -0.3 is 15.3 Å². The van der Waals surface area contributed by atoms with E-state index >= 15 is 0 Å². The molecule has 0 saturated carbocycles. The summed E-state index contributed by atoms with van der Waals surface area (Å²) in [5, 5.41) is 17.3. The van der Waals surface area contributed by atoms with Gasteiger partial charge in [-0.05, 0) is 48.9 Å². The third kappa shape index (κ3) is 3.43. The van der Waals surface area contributed by atoms with Crippen LogP contribution in [0.1, 0.15) is 39.2 Å². The molecule has 0 atom stereocenters. The van der Waals surface area contributed by atoms with Crippen molar-refractivity contribution in [2.75, 3.05) is 13.7 Å². The number of hydrogen-bond acceptors (Lipinski definition) is 5. The Balaban J connectivity index is 1.60. The Kier molecular flexibility index (Phi) is 5.15. The second-order valence-corrected chi connectivity index (χ2v) is 6.59. The van der Waals surface area contributed by atoms with E-state index in [4.69, 9.17) is 9.94 Å². The van der Waals surface area contributed by atoms with Crippen molar-refractivity contribution >= 4 is 23.0 Å². The van der Waals surface area contributed by atoms with E-state index < -0.39 is 0 Å². The zero-order chi connectivity index (χ0) is 16.9. The minimum atomic E-state index is -0.0554. The van der Waals surface area contributed by atoms with Crippen LogP contribution in [0, 0.1) is 0 Å². The maximum atomic E-state index is 12.4. The number of methoxy groups -OCH3 is 1. The average molecular weight is 344 g/mol. The fourth-order valence-corrected chi connectivity index (χ4v) is 4.03. The van der Waals surface area contributed by atoms with Gasteiger partial charge in [-0.2, -0.15) is 0 Å². The van der Waals surface area contributed by atoms with Gasteiger partial charge in [0.15, 0.2) is 0 Å². The van der Waals surface area contributed by atoms with E-state index in [1.807, 2.05) is 29.6 Å². The molecule has 0 radical (unpaired) electrons. The van der Waals surface area contributed by atoms with E-state index in [2.05, 4.69) is 10.5 Å². The van der Waals surface area contributed by atoms with E-state index in [0.717, 1.165) is 47.4 Å². The van der Waals surface area contributed by atoms with Crippen LogP contribution in [0.2, 0.25) is 0 Å². The summed E-state index contributed by atoms with van der Waals surface area (Å²) >= 11 is 1.48. The van der Waals surface area contributed by atoms with E-state index in [9.17, 15) is 4.79 Å². The van der Waals surface area contributed by atoms with Gasteiger partial charge in [-0.15, -0.1) is 11.3 Å². The first-order valence-electron chi connectivity index (χ1n) is 7.95. The lowest BCUT2D eigenvalue weighted by Crippen LogP contribution is -2.26. The molecule has 0 saturated heterocycles. The number of amides is 1. The lowest BCUT2D eigenvalue weighted by molar-refractivity contribution is 0.0953. The van der Waals surface area contributed by atoms with E-state index in [0.29, 0.717) is 17.8 Å². The normalized spacial score (nSPS) is 15.1. The van der Waals surface area contributed by atoms with E-state index in [1.165, 1.54) is 11.3 Å². The van der Waals surface area contributed by atoms with Crippen LogP contribution in [0.3, 0.4) is 0 Å². The van der Waals surface area contributed by atoms with E-state index in [1.54, 1.807) is 7.11 Å². The number of nitrogens with one attached hydrogen (secondary N) is 1. The second-order valence-electron chi connectivity index (χ2n) is 5.71. The highest BCUT2D eigenvalue weighted by Gasteiger charge is 2.24. The van der Waals surface area contributed by atoms with Crippen molar-refractivity contribution in [2.45, 2.75) is 25.7 Å². The molecule has 0 unspecified atom stereocenters. The van der Waals surface area contributed by atoms with Gasteiger partial charge in [0, 0.05) is 11.9 Å². The maximum Gasteiger partial charge on any atom is 0.252 e. The lowest BCUT2D eigenvalue weighted by Gasteiger charge is -2.14. The number of nitrogens with zero attached hydrogens (tertiary/aromatic N) is 1. The number of carbonyl (C=O) groups excluding carboxylic acids is 1. The van der Waals surface area contributed by atoms with Crippen molar-refractivity contribution in [3.05, 3.63) is 51.2 Å². The lowest BCUT2D eigenvalue weighted by atomic mass is 9.94. The van der Waals surface area contributed by atoms with Crippen molar-refractivity contribution in [3.8, 4) is 5.75 Å². The molecule has 2 N–H and O–H groups in total. The van der Waals surface area contributed by atoms with Crippen molar-refractivity contribution in [1.82, 2.24) is 5.32 Å². The zero-order valence-corrected chi connectivity index (χ0v) is 14.4. The highest BCUT2D eigenvalue weighted by atomic mass is 32.1. The minimum Gasteiger partial charge on any atom is -0.497 e. The summed E-state index contributed by atoms with van der Waals surface area (Å²) < 4.78 is 5.14. The summed E-state index contributed by atoms with van der Waals surface area (Å²) in [5.41, 5.74) is 3.57. The Hall–Kier alpha value is -2.34. The quantitative estimate of drug-likeness (QED) is 0.646. The molecule has 0 aliphatic heterocycles. The van der Waals surface area contributed by atoms with Gasteiger partial charge >= 0.3 is 0 Å². The second kappa shape index (κ2) is 7.49. The highest BCUT2D eigenvalue weighted by molar-refractivity contribution is 7.12. The molecule has 1 amide bonds. The Morgan fingerprint density at radius 1 is 1.33 bits per heavy atom. The van der Waals surface area contributed by atoms with Crippen LogP contribution in [-0.2, 0) is 12.8 Å². The number of oxime groups is 1. The molecule has 0 fully saturated rings. The van der Waals surface area contributed by atoms with Crippen LogP contribution in [0.5, 0.6) is 5.75 Å². The summed E-state index contributed by atoms with van der Waals surface area (Å²) in [5.74, 6) is 0.772. The van der Waals surface area contributed by atoms with Crippen LogP contribution in [0.4, 0.5) is 0 Å². The van der Waals surface area contributed by atoms with Crippen molar-refractivity contribution < 1.29 is 14.7 Å². The topological polar surface area (TPSA) is 70.9 Å². The molecule has 3 rings (SSSR count). The van der Waals surface area contributed by atoms with Crippen LogP contribution >= 0.6 is 11.3 Å². The number of benzene rings is 1. The number of fused-ring (bicyclic) bond motifs is 1. The standard InChI is InChI=1S/C18H20N2O3S/c1-23-13-7-5-12(6-8-13)9-10-19-18(21)15-11-24-17-14(15)3-2-4-16(17)20-22/h5-8,11,22H,2-4,9-10H2,1H3,(H,19,21)/b20-16-.